The number of H-pyrrole nitrogens is 1. The predicted molar refractivity (Wildman–Crippen MR) is 188 cm³/mol. The molecule has 3 amide bonds. The van der Waals surface area contributed by atoms with Crippen molar-refractivity contribution in [3.8, 4) is 11.8 Å². The van der Waals surface area contributed by atoms with Gasteiger partial charge in [0.25, 0.3) is 11.8 Å². The van der Waals surface area contributed by atoms with E-state index < -0.39 is 23.0 Å². The quantitative estimate of drug-likeness (QED) is 0.257. The van der Waals surface area contributed by atoms with E-state index in [1.807, 2.05) is 24.3 Å². The van der Waals surface area contributed by atoms with Crippen LogP contribution in [-0.2, 0) is 23.1 Å². The Hall–Kier alpha value is -5.61. The van der Waals surface area contributed by atoms with Crippen molar-refractivity contribution in [1.82, 2.24) is 34.8 Å². The van der Waals surface area contributed by atoms with Gasteiger partial charge in [0.05, 0.1) is 23.7 Å². The SMILES string of the molecule is CN(C)C(=O)c1ccc2c(c1)CCc1cc(C(=O)N(C)C)ccc1C2(CCNCC(=O)N1CCC[C@H]1C#N)c1nn(-c2ccc(F)cc2)c(=O)[nH]1. The molecule has 1 fully saturated rings. The van der Waals surface area contributed by atoms with Crippen molar-refractivity contribution >= 4 is 17.7 Å². The van der Waals surface area contributed by atoms with Crippen molar-refractivity contribution in [3.63, 3.8) is 0 Å². The van der Waals surface area contributed by atoms with Crippen LogP contribution in [0.4, 0.5) is 4.39 Å². The number of aryl methyl sites for hydroxylation is 2. The lowest BCUT2D eigenvalue weighted by molar-refractivity contribution is -0.130. The minimum absolute atomic E-state index is 0.0149. The van der Waals surface area contributed by atoms with Gasteiger partial charge in [-0.2, -0.15) is 9.94 Å². The Morgan fingerprint density at radius 2 is 1.55 bits per heavy atom. The molecular weight excluding hydrogens is 651 g/mol. The summed E-state index contributed by atoms with van der Waals surface area (Å²) in [6.45, 7) is 0.854. The minimum Gasteiger partial charge on any atom is -0.345 e. The Morgan fingerprint density at radius 3 is 2.10 bits per heavy atom. The number of nitrogens with zero attached hydrogens (tertiary/aromatic N) is 6. The fourth-order valence-electron chi connectivity index (χ4n) is 7.32. The van der Waals surface area contributed by atoms with E-state index in [1.54, 1.807) is 45.2 Å². The number of nitriles is 1. The zero-order valence-electron chi connectivity index (χ0n) is 29.2. The van der Waals surface area contributed by atoms with Crippen molar-refractivity contribution in [1.29, 1.82) is 5.26 Å². The average Bonchev–Trinajstić information content (AvgIpc) is 3.74. The topological polar surface area (TPSA) is 147 Å². The average molecular weight is 693 g/mol. The van der Waals surface area contributed by atoms with E-state index in [2.05, 4.69) is 16.4 Å². The number of nitrogens with one attached hydrogen (secondary N) is 2. The number of hydrogen-bond acceptors (Lipinski definition) is 7. The maximum atomic E-state index is 13.9. The van der Waals surface area contributed by atoms with Gasteiger partial charge in [0, 0.05) is 45.9 Å². The van der Waals surface area contributed by atoms with Crippen LogP contribution in [-0.4, -0.2) is 101 Å². The van der Waals surface area contributed by atoms with Crippen molar-refractivity contribution < 1.29 is 18.8 Å². The standard InChI is InChI=1S/C38H41FN8O4/c1-44(2)34(49)26-9-15-31-24(20-26)7-8-25-21-27(35(50)45(3)4)10-16-32(25)38(31,17-18-41-23-33(48)46-19-5-6-30(46)22-40)36-42-37(51)47(43-36)29-13-11-28(39)12-14-29/h9-16,20-21,30,41H,5-8,17-19,23H2,1-4H3,(H,42,43,51)/t30-/m0/s1. The summed E-state index contributed by atoms with van der Waals surface area (Å²) in [6.07, 6.45) is 2.83. The molecule has 0 bridgehead atoms. The molecule has 13 heteroatoms. The summed E-state index contributed by atoms with van der Waals surface area (Å²) in [6, 6.07) is 18.3. The Morgan fingerprint density at radius 1 is 0.961 bits per heavy atom. The molecule has 0 unspecified atom stereocenters. The summed E-state index contributed by atoms with van der Waals surface area (Å²) in [4.78, 5) is 60.7. The third-order valence-corrected chi connectivity index (χ3v) is 9.87. The van der Waals surface area contributed by atoms with Crippen molar-refractivity contribution in [2.45, 2.75) is 43.6 Å². The first-order chi connectivity index (χ1) is 24.4. The monoisotopic (exact) mass is 692 g/mol. The second-order valence-corrected chi connectivity index (χ2v) is 13.5. The first-order valence-corrected chi connectivity index (χ1v) is 17.0. The van der Waals surface area contributed by atoms with Crippen LogP contribution in [0, 0.1) is 17.1 Å². The van der Waals surface area contributed by atoms with Crippen molar-refractivity contribution in [2.75, 3.05) is 47.8 Å². The zero-order valence-corrected chi connectivity index (χ0v) is 29.2. The highest BCUT2D eigenvalue weighted by atomic mass is 19.1. The van der Waals surface area contributed by atoms with E-state index in [4.69, 9.17) is 5.10 Å². The van der Waals surface area contributed by atoms with E-state index in [0.717, 1.165) is 28.7 Å². The number of benzene rings is 3. The van der Waals surface area contributed by atoms with Gasteiger partial charge < -0.3 is 20.0 Å². The Labute approximate surface area is 295 Å². The summed E-state index contributed by atoms with van der Waals surface area (Å²) in [5, 5.41) is 17.7. The number of halogens is 1. The number of amides is 3. The van der Waals surface area contributed by atoms with Gasteiger partial charge in [-0.3, -0.25) is 19.4 Å². The van der Waals surface area contributed by atoms with Crippen LogP contribution in [0.3, 0.4) is 0 Å². The van der Waals surface area contributed by atoms with Crippen LogP contribution in [0.25, 0.3) is 5.69 Å². The molecule has 2 aliphatic rings. The molecule has 3 aromatic carbocycles. The van der Waals surface area contributed by atoms with Crippen LogP contribution < -0.4 is 11.0 Å². The molecule has 0 spiro atoms. The number of aromatic amines is 1. The molecule has 1 aliphatic carbocycles. The fourth-order valence-corrected chi connectivity index (χ4v) is 7.32. The van der Waals surface area contributed by atoms with Crippen LogP contribution >= 0.6 is 0 Å². The maximum Gasteiger partial charge on any atom is 0.348 e. The van der Waals surface area contributed by atoms with Gasteiger partial charge in [-0.15, -0.1) is 5.10 Å². The van der Waals surface area contributed by atoms with Crippen LogP contribution in [0.5, 0.6) is 0 Å². The largest absolute Gasteiger partial charge is 0.348 e. The fraction of sp³-hybridized carbons (Fsp3) is 0.368. The first kappa shape index (κ1) is 35.2. The molecule has 2 heterocycles. The van der Waals surface area contributed by atoms with Gasteiger partial charge in [0.1, 0.15) is 17.7 Å². The number of rotatable bonds is 9. The Kier molecular flexibility index (Phi) is 9.89. The van der Waals surface area contributed by atoms with Crippen molar-refractivity contribution in [2.24, 2.45) is 0 Å². The van der Waals surface area contributed by atoms with Crippen LogP contribution in [0.1, 0.15) is 68.1 Å². The zero-order chi connectivity index (χ0) is 36.4. The Balaban J connectivity index is 1.52. The van der Waals surface area contributed by atoms with Gasteiger partial charge in [-0.25, -0.2) is 9.18 Å². The van der Waals surface area contributed by atoms with Gasteiger partial charge in [-0.1, -0.05) is 12.1 Å². The number of hydrogen-bond donors (Lipinski definition) is 2. The van der Waals surface area contributed by atoms with E-state index >= 15 is 0 Å². The molecule has 264 valence electrons. The lowest BCUT2D eigenvalue weighted by Crippen LogP contribution is -2.42. The molecule has 1 atom stereocenters. The number of carbonyl (C=O) groups is 3. The molecule has 1 saturated heterocycles. The van der Waals surface area contributed by atoms with E-state index in [1.165, 1.54) is 38.7 Å². The third-order valence-electron chi connectivity index (χ3n) is 9.87. The second kappa shape index (κ2) is 14.3. The molecule has 1 aliphatic heterocycles. The number of carbonyl (C=O) groups excluding carboxylic acids is 3. The summed E-state index contributed by atoms with van der Waals surface area (Å²) in [7, 11) is 6.77. The van der Waals surface area contributed by atoms with E-state index in [0.29, 0.717) is 61.4 Å². The lowest BCUT2D eigenvalue weighted by atomic mass is 9.69. The van der Waals surface area contributed by atoms with E-state index in [-0.39, 0.29) is 24.3 Å². The summed E-state index contributed by atoms with van der Waals surface area (Å²) in [5.41, 5.74) is 3.13. The smallest absolute Gasteiger partial charge is 0.345 e. The molecule has 0 saturated carbocycles. The molecule has 2 N–H and O–H groups in total. The maximum absolute atomic E-state index is 13.9. The highest BCUT2D eigenvalue weighted by Crippen LogP contribution is 2.46. The van der Waals surface area contributed by atoms with E-state index in [9.17, 15) is 28.8 Å². The van der Waals surface area contributed by atoms with Gasteiger partial charge in [-0.05, 0) is 109 Å². The number of fused-ring (bicyclic) bond motifs is 2. The Bertz CT molecular complexity index is 2010. The number of aromatic nitrogens is 3. The van der Waals surface area contributed by atoms with Crippen LogP contribution in [0.2, 0.25) is 0 Å². The van der Waals surface area contributed by atoms with Crippen LogP contribution in [0.15, 0.2) is 65.5 Å². The molecule has 1 aromatic heterocycles. The molecule has 6 rings (SSSR count). The second-order valence-electron chi connectivity index (χ2n) is 13.5. The first-order valence-electron chi connectivity index (χ1n) is 17.0. The van der Waals surface area contributed by atoms with Crippen molar-refractivity contribution in [3.05, 3.63) is 116 Å². The molecule has 0 radical (unpaired) electrons. The molecule has 12 nitrogen and oxygen atoms in total. The minimum atomic E-state index is -1.12. The molecular formula is C38H41FN8O4. The normalized spacial score (nSPS) is 16.1. The summed E-state index contributed by atoms with van der Waals surface area (Å²) in [5.74, 6) is -0.613. The third kappa shape index (κ3) is 6.67. The van der Waals surface area contributed by atoms with Gasteiger partial charge in [0.2, 0.25) is 5.91 Å². The van der Waals surface area contributed by atoms with Gasteiger partial charge in [0.15, 0.2) is 0 Å². The molecule has 51 heavy (non-hydrogen) atoms. The summed E-state index contributed by atoms with van der Waals surface area (Å²) < 4.78 is 15.1. The lowest BCUT2D eigenvalue weighted by Gasteiger charge is -2.35. The molecule has 4 aromatic rings. The predicted octanol–water partition coefficient (Wildman–Crippen LogP) is 3.03. The van der Waals surface area contributed by atoms with Gasteiger partial charge >= 0.3 is 5.69 Å². The number of likely N-dealkylation sites (tertiary alicyclic amines) is 1. The summed E-state index contributed by atoms with van der Waals surface area (Å²) >= 11 is 0. The highest BCUT2D eigenvalue weighted by molar-refractivity contribution is 5.95. The highest BCUT2D eigenvalue weighted by Gasteiger charge is 2.44.